The smallest absolute Gasteiger partial charge is 0.309 e. The summed E-state index contributed by atoms with van der Waals surface area (Å²) in [5.41, 5.74) is 2.88. The van der Waals surface area contributed by atoms with Crippen LogP contribution >= 0.6 is 0 Å². The molecular weight excluding hydrogens is 256 g/mol. The Kier molecular flexibility index (Phi) is 2.90. The molecule has 0 aliphatic rings. The lowest BCUT2D eigenvalue weighted by Gasteiger charge is -2.04. The van der Waals surface area contributed by atoms with Crippen LogP contribution in [0.3, 0.4) is 0 Å². The van der Waals surface area contributed by atoms with Crippen LogP contribution in [-0.4, -0.2) is 30.4 Å². The molecule has 0 fully saturated rings. The maximum Gasteiger partial charge on any atom is 0.309 e. The van der Waals surface area contributed by atoms with Crippen molar-refractivity contribution in [2.24, 2.45) is 0 Å². The third-order valence-corrected chi connectivity index (χ3v) is 2.97. The van der Waals surface area contributed by atoms with Crippen molar-refractivity contribution in [3.05, 3.63) is 48.3 Å². The third kappa shape index (κ3) is 2.23. The van der Waals surface area contributed by atoms with Crippen molar-refractivity contribution in [2.75, 3.05) is 0 Å². The van der Waals surface area contributed by atoms with Crippen molar-refractivity contribution >= 4 is 11.6 Å². The molecule has 100 valence electrons. The lowest BCUT2D eigenvalue weighted by atomic mass is 10.2. The van der Waals surface area contributed by atoms with E-state index >= 15 is 0 Å². The van der Waals surface area contributed by atoms with Gasteiger partial charge in [-0.15, -0.1) is 0 Å². The lowest BCUT2D eigenvalue weighted by molar-refractivity contribution is -0.136. The van der Waals surface area contributed by atoms with Crippen molar-refractivity contribution < 1.29 is 9.90 Å². The maximum absolute atomic E-state index is 10.7. The fraction of sp³-hybridized carbons (Fsp3) is 0.143. The SMILES string of the molecule is Cc1nc(-c2cccnc2)cc2nc(CC(=O)O)cn12. The van der Waals surface area contributed by atoms with E-state index in [0.717, 1.165) is 17.1 Å². The first-order valence-corrected chi connectivity index (χ1v) is 6.11. The van der Waals surface area contributed by atoms with E-state index in [-0.39, 0.29) is 6.42 Å². The van der Waals surface area contributed by atoms with Crippen LogP contribution in [0.25, 0.3) is 16.9 Å². The van der Waals surface area contributed by atoms with Crippen LogP contribution in [0.1, 0.15) is 11.5 Å². The molecule has 0 spiro atoms. The second-order valence-corrected chi connectivity index (χ2v) is 4.46. The number of aromatic nitrogens is 4. The number of carboxylic acids is 1. The van der Waals surface area contributed by atoms with Crippen LogP contribution in [0.15, 0.2) is 36.8 Å². The Morgan fingerprint density at radius 1 is 1.40 bits per heavy atom. The third-order valence-electron chi connectivity index (χ3n) is 2.97. The van der Waals surface area contributed by atoms with E-state index in [1.165, 1.54) is 0 Å². The Labute approximate surface area is 114 Å². The minimum absolute atomic E-state index is 0.0939. The average molecular weight is 268 g/mol. The number of rotatable bonds is 3. The topological polar surface area (TPSA) is 80.4 Å². The summed E-state index contributed by atoms with van der Waals surface area (Å²) in [6.07, 6.45) is 5.05. The van der Waals surface area contributed by atoms with Gasteiger partial charge < -0.3 is 5.11 Å². The number of aryl methyl sites for hydroxylation is 1. The van der Waals surface area contributed by atoms with Gasteiger partial charge in [0.25, 0.3) is 0 Å². The number of imidazole rings is 1. The highest BCUT2D eigenvalue weighted by atomic mass is 16.4. The zero-order chi connectivity index (χ0) is 14.1. The van der Waals surface area contributed by atoms with E-state index in [1.807, 2.05) is 25.1 Å². The summed E-state index contributed by atoms with van der Waals surface area (Å²) in [4.78, 5) is 23.6. The molecule has 20 heavy (non-hydrogen) atoms. The van der Waals surface area contributed by atoms with Gasteiger partial charge in [0.2, 0.25) is 0 Å². The molecule has 3 aromatic rings. The molecule has 3 aromatic heterocycles. The molecule has 0 saturated carbocycles. The molecule has 0 aliphatic heterocycles. The number of aliphatic carboxylic acids is 1. The van der Waals surface area contributed by atoms with E-state index in [4.69, 9.17) is 5.11 Å². The number of fused-ring (bicyclic) bond motifs is 1. The van der Waals surface area contributed by atoms with Gasteiger partial charge in [-0.05, 0) is 19.1 Å². The van der Waals surface area contributed by atoms with E-state index in [1.54, 1.807) is 23.0 Å². The van der Waals surface area contributed by atoms with Gasteiger partial charge in [0, 0.05) is 30.2 Å². The molecule has 0 radical (unpaired) electrons. The van der Waals surface area contributed by atoms with E-state index in [2.05, 4.69) is 15.0 Å². The monoisotopic (exact) mass is 268 g/mol. The van der Waals surface area contributed by atoms with Crippen LogP contribution in [-0.2, 0) is 11.2 Å². The van der Waals surface area contributed by atoms with Crippen molar-refractivity contribution in [3.63, 3.8) is 0 Å². The van der Waals surface area contributed by atoms with Crippen molar-refractivity contribution in [1.29, 1.82) is 0 Å². The summed E-state index contributed by atoms with van der Waals surface area (Å²) in [5.74, 6) is -0.142. The van der Waals surface area contributed by atoms with Crippen LogP contribution in [0.5, 0.6) is 0 Å². The summed E-state index contributed by atoms with van der Waals surface area (Å²) < 4.78 is 1.79. The second-order valence-electron chi connectivity index (χ2n) is 4.46. The molecule has 0 aromatic carbocycles. The molecule has 3 rings (SSSR count). The zero-order valence-electron chi connectivity index (χ0n) is 10.8. The molecule has 0 saturated heterocycles. The van der Waals surface area contributed by atoms with Gasteiger partial charge in [-0.3, -0.25) is 14.2 Å². The number of hydrogen-bond donors (Lipinski definition) is 1. The molecule has 0 atom stereocenters. The number of hydrogen-bond acceptors (Lipinski definition) is 4. The Bertz CT molecular complexity index is 780. The summed E-state index contributed by atoms with van der Waals surface area (Å²) in [5, 5.41) is 8.82. The molecule has 0 unspecified atom stereocenters. The van der Waals surface area contributed by atoms with Crippen LogP contribution in [0.2, 0.25) is 0 Å². The first kappa shape index (κ1) is 12.3. The van der Waals surface area contributed by atoms with Crippen LogP contribution < -0.4 is 0 Å². The molecule has 1 N–H and O–H groups in total. The zero-order valence-corrected chi connectivity index (χ0v) is 10.8. The molecule has 6 nitrogen and oxygen atoms in total. The van der Waals surface area contributed by atoms with Gasteiger partial charge in [-0.25, -0.2) is 9.97 Å². The fourth-order valence-corrected chi connectivity index (χ4v) is 2.09. The van der Waals surface area contributed by atoms with Crippen LogP contribution in [0, 0.1) is 6.92 Å². The Morgan fingerprint density at radius 3 is 2.95 bits per heavy atom. The largest absolute Gasteiger partial charge is 0.481 e. The number of pyridine rings is 1. The quantitative estimate of drug-likeness (QED) is 0.782. The van der Waals surface area contributed by atoms with Crippen LogP contribution in [0.4, 0.5) is 0 Å². The van der Waals surface area contributed by atoms with Gasteiger partial charge in [0.15, 0.2) is 0 Å². The molecule has 6 heteroatoms. The predicted molar refractivity (Wildman–Crippen MR) is 72.3 cm³/mol. The van der Waals surface area contributed by atoms with Gasteiger partial charge in [-0.1, -0.05) is 0 Å². The normalized spacial score (nSPS) is 10.8. The Hall–Kier alpha value is -2.76. The highest BCUT2D eigenvalue weighted by Gasteiger charge is 2.10. The fourth-order valence-electron chi connectivity index (χ4n) is 2.09. The summed E-state index contributed by atoms with van der Waals surface area (Å²) in [6, 6.07) is 5.60. The lowest BCUT2D eigenvalue weighted by Crippen LogP contribution is -1.99. The molecule has 0 amide bonds. The minimum Gasteiger partial charge on any atom is -0.481 e. The Morgan fingerprint density at radius 2 is 2.25 bits per heavy atom. The predicted octanol–water partition coefficient (Wildman–Crippen LogP) is 1.73. The molecule has 0 aliphatic carbocycles. The Balaban J connectivity index is 2.11. The van der Waals surface area contributed by atoms with Gasteiger partial charge in [0.1, 0.15) is 11.5 Å². The van der Waals surface area contributed by atoms with E-state index in [9.17, 15) is 4.79 Å². The summed E-state index contributed by atoms with van der Waals surface area (Å²) in [7, 11) is 0. The minimum atomic E-state index is -0.897. The number of nitrogens with zero attached hydrogens (tertiary/aromatic N) is 4. The molecular formula is C14H12N4O2. The summed E-state index contributed by atoms with van der Waals surface area (Å²) in [6.45, 7) is 1.86. The van der Waals surface area contributed by atoms with Gasteiger partial charge in [-0.2, -0.15) is 0 Å². The number of carbonyl (C=O) groups is 1. The first-order valence-electron chi connectivity index (χ1n) is 6.11. The van der Waals surface area contributed by atoms with Crippen molar-refractivity contribution in [1.82, 2.24) is 19.4 Å². The van der Waals surface area contributed by atoms with Crippen molar-refractivity contribution in [2.45, 2.75) is 13.3 Å². The van der Waals surface area contributed by atoms with E-state index < -0.39 is 5.97 Å². The summed E-state index contributed by atoms with van der Waals surface area (Å²) >= 11 is 0. The first-order chi connectivity index (χ1) is 9.63. The second kappa shape index (κ2) is 4.73. The standard InChI is InChI=1S/C14H12N4O2/c1-9-16-12(10-3-2-4-15-7-10)6-13-17-11(5-14(19)20)8-18(9)13/h2-4,6-8H,5H2,1H3,(H,19,20). The van der Waals surface area contributed by atoms with Crippen molar-refractivity contribution in [3.8, 4) is 11.3 Å². The molecule has 3 heterocycles. The average Bonchev–Trinajstić information content (AvgIpc) is 2.82. The maximum atomic E-state index is 10.7. The number of carboxylic acid groups (broad SMARTS) is 1. The highest BCUT2D eigenvalue weighted by molar-refractivity contribution is 5.70. The highest BCUT2D eigenvalue weighted by Crippen LogP contribution is 2.19. The van der Waals surface area contributed by atoms with Gasteiger partial charge >= 0.3 is 5.97 Å². The molecule has 0 bridgehead atoms. The van der Waals surface area contributed by atoms with E-state index in [0.29, 0.717) is 11.3 Å². The van der Waals surface area contributed by atoms with Gasteiger partial charge in [0.05, 0.1) is 17.8 Å².